The van der Waals surface area contributed by atoms with E-state index in [0.717, 1.165) is 12.0 Å². The van der Waals surface area contributed by atoms with Crippen molar-refractivity contribution in [1.82, 2.24) is 10.2 Å². The van der Waals surface area contributed by atoms with Gasteiger partial charge in [-0.3, -0.25) is 9.69 Å². The van der Waals surface area contributed by atoms with Crippen LogP contribution in [0.25, 0.3) is 0 Å². The van der Waals surface area contributed by atoms with Gasteiger partial charge in [0.25, 0.3) is 0 Å². The number of likely N-dealkylation sites (N-methyl/N-ethyl adjacent to an activating group) is 1. The average Bonchev–Trinajstić information content (AvgIpc) is 2.33. The largest absolute Gasteiger partial charge is 0.506 e. The highest BCUT2D eigenvalue weighted by Crippen LogP contribution is 2.33. The lowest BCUT2D eigenvalue weighted by Gasteiger charge is -2.17. The molecule has 0 aliphatic carbocycles. The van der Waals surface area contributed by atoms with Crippen LogP contribution in [0.5, 0.6) is 5.75 Å². The van der Waals surface area contributed by atoms with E-state index in [1.54, 1.807) is 0 Å². The third-order valence-corrected chi connectivity index (χ3v) is 3.72. The Kier molecular flexibility index (Phi) is 6.82. The standard InChI is InChI=1S/C13H18Br2N2O2/c1-3-4-16-12(18)8-17(2)7-9-5-10(14)13(19)11(15)6-9/h5-6,19H,3-4,7-8H2,1-2H3,(H,16,18). The van der Waals surface area contributed by atoms with E-state index in [0.29, 0.717) is 28.6 Å². The Morgan fingerprint density at radius 3 is 2.47 bits per heavy atom. The summed E-state index contributed by atoms with van der Waals surface area (Å²) < 4.78 is 1.28. The van der Waals surface area contributed by atoms with Crippen molar-refractivity contribution < 1.29 is 9.90 Å². The highest BCUT2D eigenvalue weighted by molar-refractivity contribution is 9.11. The maximum Gasteiger partial charge on any atom is 0.234 e. The fourth-order valence-corrected chi connectivity index (χ4v) is 2.92. The van der Waals surface area contributed by atoms with E-state index in [2.05, 4.69) is 37.2 Å². The molecule has 0 aliphatic rings. The molecule has 0 unspecified atom stereocenters. The molecule has 0 fully saturated rings. The van der Waals surface area contributed by atoms with Crippen LogP contribution in [0, 0.1) is 0 Å². The van der Waals surface area contributed by atoms with Crippen molar-refractivity contribution in [2.45, 2.75) is 19.9 Å². The number of hydrogen-bond acceptors (Lipinski definition) is 3. The smallest absolute Gasteiger partial charge is 0.234 e. The molecule has 0 atom stereocenters. The molecule has 6 heteroatoms. The summed E-state index contributed by atoms with van der Waals surface area (Å²) in [5, 5.41) is 12.5. The SMILES string of the molecule is CCCNC(=O)CN(C)Cc1cc(Br)c(O)c(Br)c1. The monoisotopic (exact) mass is 392 g/mol. The van der Waals surface area contributed by atoms with E-state index in [-0.39, 0.29) is 11.7 Å². The van der Waals surface area contributed by atoms with E-state index in [1.807, 2.05) is 31.0 Å². The van der Waals surface area contributed by atoms with E-state index in [9.17, 15) is 9.90 Å². The minimum atomic E-state index is 0.0289. The van der Waals surface area contributed by atoms with Gasteiger partial charge in [-0.1, -0.05) is 6.92 Å². The Morgan fingerprint density at radius 1 is 1.37 bits per heavy atom. The molecule has 0 aliphatic heterocycles. The maximum absolute atomic E-state index is 11.6. The lowest BCUT2D eigenvalue weighted by molar-refractivity contribution is -0.122. The molecule has 19 heavy (non-hydrogen) atoms. The molecule has 2 N–H and O–H groups in total. The third-order valence-electron chi connectivity index (χ3n) is 2.51. The van der Waals surface area contributed by atoms with Gasteiger partial charge in [0.1, 0.15) is 5.75 Å². The Labute approximate surface area is 130 Å². The van der Waals surface area contributed by atoms with Gasteiger partial charge in [0, 0.05) is 13.1 Å². The van der Waals surface area contributed by atoms with Crippen LogP contribution in [0.15, 0.2) is 21.1 Å². The number of aromatic hydroxyl groups is 1. The summed E-state index contributed by atoms with van der Waals surface area (Å²) in [4.78, 5) is 13.5. The van der Waals surface area contributed by atoms with Crippen molar-refractivity contribution in [3.8, 4) is 5.75 Å². The Hall–Kier alpha value is -0.590. The van der Waals surface area contributed by atoms with Gasteiger partial charge in [-0.25, -0.2) is 0 Å². The topological polar surface area (TPSA) is 52.6 Å². The molecule has 0 spiro atoms. The molecule has 0 saturated heterocycles. The van der Waals surface area contributed by atoms with Gasteiger partial charge in [-0.15, -0.1) is 0 Å². The van der Waals surface area contributed by atoms with Crippen LogP contribution in [0.3, 0.4) is 0 Å². The van der Waals surface area contributed by atoms with Gasteiger partial charge < -0.3 is 10.4 Å². The number of benzene rings is 1. The van der Waals surface area contributed by atoms with E-state index >= 15 is 0 Å². The van der Waals surface area contributed by atoms with Gasteiger partial charge >= 0.3 is 0 Å². The van der Waals surface area contributed by atoms with Crippen molar-refractivity contribution in [2.24, 2.45) is 0 Å². The fraction of sp³-hybridized carbons (Fsp3) is 0.462. The summed E-state index contributed by atoms with van der Waals surface area (Å²) >= 11 is 6.59. The molecule has 0 aromatic heterocycles. The highest BCUT2D eigenvalue weighted by Gasteiger charge is 2.10. The van der Waals surface area contributed by atoms with Crippen molar-refractivity contribution in [2.75, 3.05) is 20.1 Å². The van der Waals surface area contributed by atoms with Gasteiger partial charge in [-0.2, -0.15) is 0 Å². The zero-order chi connectivity index (χ0) is 14.4. The minimum absolute atomic E-state index is 0.0289. The molecular weight excluding hydrogens is 376 g/mol. The number of halogens is 2. The number of carbonyl (C=O) groups excluding carboxylic acids is 1. The van der Waals surface area contributed by atoms with Gasteiger partial charge in [-0.05, 0) is 63.0 Å². The van der Waals surface area contributed by atoms with Crippen molar-refractivity contribution in [1.29, 1.82) is 0 Å². The zero-order valence-electron chi connectivity index (χ0n) is 11.0. The van der Waals surface area contributed by atoms with E-state index in [1.165, 1.54) is 0 Å². The average molecular weight is 394 g/mol. The number of hydrogen-bond donors (Lipinski definition) is 2. The molecule has 1 aromatic carbocycles. The first-order valence-corrected chi connectivity index (χ1v) is 7.64. The van der Waals surface area contributed by atoms with Crippen LogP contribution >= 0.6 is 31.9 Å². The predicted molar refractivity (Wildman–Crippen MR) is 83.1 cm³/mol. The number of rotatable bonds is 6. The van der Waals surface area contributed by atoms with Crippen molar-refractivity contribution >= 4 is 37.8 Å². The van der Waals surface area contributed by atoms with Gasteiger partial charge in [0.05, 0.1) is 15.5 Å². The molecule has 1 rings (SSSR count). The van der Waals surface area contributed by atoms with Crippen LogP contribution in [-0.4, -0.2) is 36.1 Å². The number of carbonyl (C=O) groups is 1. The summed E-state index contributed by atoms with van der Waals surface area (Å²) in [5.41, 5.74) is 1.02. The first-order valence-electron chi connectivity index (χ1n) is 6.06. The molecule has 106 valence electrons. The van der Waals surface area contributed by atoms with Crippen LogP contribution < -0.4 is 5.32 Å². The lowest BCUT2D eigenvalue weighted by Crippen LogP contribution is -2.35. The van der Waals surface area contributed by atoms with Crippen LogP contribution in [0.2, 0.25) is 0 Å². The highest BCUT2D eigenvalue weighted by atomic mass is 79.9. The quantitative estimate of drug-likeness (QED) is 0.781. The molecule has 1 amide bonds. The number of nitrogens with one attached hydrogen (secondary N) is 1. The molecule has 4 nitrogen and oxygen atoms in total. The maximum atomic E-state index is 11.6. The summed E-state index contributed by atoms with van der Waals surface area (Å²) in [6, 6.07) is 3.70. The minimum Gasteiger partial charge on any atom is -0.506 e. The van der Waals surface area contributed by atoms with Gasteiger partial charge in [0.15, 0.2) is 0 Å². The first kappa shape index (κ1) is 16.5. The van der Waals surface area contributed by atoms with Crippen LogP contribution in [0.4, 0.5) is 0 Å². The molecule has 0 bridgehead atoms. The van der Waals surface area contributed by atoms with Gasteiger partial charge in [0.2, 0.25) is 5.91 Å². The number of nitrogens with zero attached hydrogens (tertiary/aromatic N) is 1. The first-order chi connectivity index (χ1) is 8.93. The number of amides is 1. The number of phenols is 1. The molecule has 1 aromatic rings. The summed E-state index contributed by atoms with van der Waals surface area (Å²) in [7, 11) is 1.89. The van der Waals surface area contributed by atoms with Crippen LogP contribution in [-0.2, 0) is 11.3 Å². The normalized spacial score (nSPS) is 10.8. The Morgan fingerprint density at radius 2 is 1.95 bits per heavy atom. The zero-order valence-corrected chi connectivity index (χ0v) is 14.2. The Bertz CT molecular complexity index is 429. The number of phenolic OH excluding ortho intramolecular Hbond substituents is 1. The summed E-state index contributed by atoms with van der Waals surface area (Å²) in [6.07, 6.45) is 0.938. The second-order valence-electron chi connectivity index (χ2n) is 4.43. The van der Waals surface area contributed by atoms with E-state index in [4.69, 9.17) is 0 Å². The van der Waals surface area contributed by atoms with Crippen molar-refractivity contribution in [3.05, 3.63) is 26.6 Å². The van der Waals surface area contributed by atoms with E-state index < -0.39 is 0 Å². The molecule has 0 radical (unpaired) electrons. The third kappa shape index (κ3) is 5.50. The second kappa shape index (κ2) is 7.87. The summed E-state index contributed by atoms with van der Waals surface area (Å²) in [6.45, 7) is 3.73. The predicted octanol–water partition coefficient (Wildman–Crippen LogP) is 2.88. The Balaban J connectivity index is 2.57. The molecule has 0 heterocycles. The summed E-state index contributed by atoms with van der Waals surface area (Å²) in [5.74, 6) is 0.216. The lowest BCUT2D eigenvalue weighted by atomic mass is 10.2. The molecule has 0 saturated carbocycles. The molecular formula is C13H18Br2N2O2. The second-order valence-corrected chi connectivity index (χ2v) is 6.14. The fourth-order valence-electron chi connectivity index (χ4n) is 1.64. The van der Waals surface area contributed by atoms with Crippen molar-refractivity contribution in [3.63, 3.8) is 0 Å². The van der Waals surface area contributed by atoms with Crippen LogP contribution in [0.1, 0.15) is 18.9 Å².